The van der Waals surface area contributed by atoms with E-state index in [-0.39, 0.29) is 17.9 Å². The molecule has 1 fully saturated rings. The zero-order valence-electron chi connectivity index (χ0n) is 9.29. The molecule has 2 unspecified atom stereocenters. The molecule has 0 spiro atoms. The maximum absolute atomic E-state index is 11.2. The number of carbonyl (C=O) groups is 1. The Morgan fingerprint density at radius 1 is 1.57 bits per heavy atom. The first kappa shape index (κ1) is 11.5. The van der Waals surface area contributed by atoms with Gasteiger partial charge in [-0.2, -0.15) is 0 Å². The van der Waals surface area contributed by atoms with E-state index in [1.807, 2.05) is 7.05 Å². The molecule has 1 amide bonds. The van der Waals surface area contributed by atoms with Crippen LogP contribution in [0.15, 0.2) is 0 Å². The van der Waals surface area contributed by atoms with Crippen LogP contribution in [0, 0.1) is 5.92 Å². The number of piperidine rings is 1. The van der Waals surface area contributed by atoms with E-state index >= 15 is 0 Å². The molecule has 1 saturated heterocycles. The highest BCUT2D eigenvalue weighted by molar-refractivity contribution is 5.77. The Bertz CT molecular complexity index is 206. The molecular formula is C10H21N3O. The maximum atomic E-state index is 11.2. The number of likely N-dealkylation sites (N-methyl/N-ethyl adjacent to an activating group) is 1. The van der Waals surface area contributed by atoms with Crippen molar-refractivity contribution in [2.75, 3.05) is 20.1 Å². The lowest BCUT2D eigenvalue weighted by atomic mass is 9.90. The predicted octanol–water partition coefficient (Wildman–Crippen LogP) is -0.210. The predicted molar refractivity (Wildman–Crippen MR) is 56.9 cm³/mol. The zero-order chi connectivity index (χ0) is 10.7. The topological polar surface area (TPSA) is 58.4 Å². The fraction of sp³-hybridized carbons (Fsp3) is 0.900. The Balaban J connectivity index is 2.59. The second-order valence-electron chi connectivity index (χ2n) is 4.28. The highest BCUT2D eigenvalue weighted by atomic mass is 16.1. The number of nitrogens with two attached hydrogens (primary N) is 1. The zero-order valence-corrected chi connectivity index (χ0v) is 9.29. The largest absolute Gasteiger partial charge is 0.369 e. The van der Waals surface area contributed by atoms with Crippen LogP contribution in [0.5, 0.6) is 0 Å². The van der Waals surface area contributed by atoms with Gasteiger partial charge in [0.05, 0.1) is 5.92 Å². The molecule has 1 heterocycles. The monoisotopic (exact) mass is 199 g/mol. The van der Waals surface area contributed by atoms with E-state index in [1.165, 1.54) is 0 Å². The van der Waals surface area contributed by atoms with Gasteiger partial charge in [-0.05, 0) is 33.9 Å². The third kappa shape index (κ3) is 2.45. The first-order valence-electron chi connectivity index (χ1n) is 5.27. The Morgan fingerprint density at radius 2 is 2.21 bits per heavy atom. The van der Waals surface area contributed by atoms with Crippen molar-refractivity contribution in [2.45, 2.75) is 32.4 Å². The molecule has 3 N–H and O–H groups in total. The van der Waals surface area contributed by atoms with Crippen molar-refractivity contribution in [3.63, 3.8) is 0 Å². The number of likely N-dealkylation sites (tertiary alicyclic amines) is 1. The number of amides is 1. The van der Waals surface area contributed by atoms with Gasteiger partial charge in [0.1, 0.15) is 0 Å². The summed E-state index contributed by atoms with van der Waals surface area (Å²) in [5.74, 6) is -0.178. The fourth-order valence-electron chi connectivity index (χ4n) is 2.08. The van der Waals surface area contributed by atoms with Crippen molar-refractivity contribution < 1.29 is 4.79 Å². The molecule has 0 aliphatic carbocycles. The van der Waals surface area contributed by atoms with Crippen molar-refractivity contribution in [1.29, 1.82) is 0 Å². The average Bonchev–Trinajstić information content (AvgIpc) is 2.16. The molecule has 1 rings (SSSR count). The molecule has 0 bridgehead atoms. The molecule has 82 valence electrons. The quantitative estimate of drug-likeness (QED) is 0.661. The SMILES string of the molecule is CNC1CN(C(C)C)CCC1C(N)=O. The van der Waals surface area contributed by atoms with Gasteiger partial charge in [-0.25, -0.2) is 0 Å². The van der Waals surface area contributed by atoms with Gasteiger partial charge in [0.25, 0.3) is 0 Å². The average molecular weight is 199 g/mol. The first-order chi connectivity index (χ1) is 6.56. The van der Waals surface area contributed by atoms with Crippen LogP contribution in [0.3, 0.4) is 0 Å². The van der Waals surface area contributed by atoms with Gasteiger partial charge in [0.2, 0.25) is 5.91 Å². The molecule has 0 saturated carbocycles. The van der Waals surface area contributed by atoms with Crippen LogP contribution in [0.2, 0.25) is 0 Å². The Morgan fingerprint density at radius 3 is 2.64 bits per heavy atom. The lowest BCUT2D eigenvalue weighted by Gasteiger charge is -2.39. The first-order valence-corrected chi connectivity index (χ1v) is 5.27. The van der Waals surface area contributed by atoms with E-state index in [1.54, 1.807) is 0 Å². The highest BCUT2D eigenvalue weighted by Gasteiger charge is 2.32. The van der Waals surface area contributed by atoms with Crippen LogP contribution in [-0.2, 0) is 4.79 Å². The number of hydrogen-bond donors (Lipinski definition) is 2. The van der Waals surface area contributed by atoms with E-state index in [0.29, 0.717) is 6.04 Å². The minimum Gasteiger partial charge on any atom is -0.369 e. The van der Waals surface area contributed by atoms with Gasteiger partial charge in [-0.15, -0.1) is 0 Å². The van der Waals surface area contributed by atoms with Gasteiger partial charge in [-0.3, -0.25) is 9.69 Å². The van der Waals surface area contributed by atoms with Crippen LogP contribution in [0.1, 0.15) is 20.3 Å². The van der Waals surface area contributed by atoms with Gasteiger partial charge >= 0.3 is 0 Å². The van der Waals surface area contributed by atoms with E-state index in [4.69, 9.17) is 5.73 Å². The van der Waals surface area contributed by atoms with Crippen molar-refractivity contribution in [3.05, 3.63) is 0 Å². The van der Waals surface area contributed by atoms with E-state index in [9.17, 15) is 4.79 Å². The highest BCUT2D eigenvalue weighted by Crippen LogP contribution is 2.18. The van der Waals surface area contributed by atoms with Crippen molar-refractivity contribution >= 4 is 5.91 Å². The number of primary amides is 1. The second kappa shape index (κ2) is 4.75. The molecule has 2 atom stereocenters. The van der Waals surface area contributed by atoms with Gasteiger partial charge < -0.3 is 11.1 Å². The number of nitrogens with one attached hydrogen (secondary N) is 1. The number of nitrogens with zero attached hydrogens (tertiary/aromatic N) is 1. The molecule has 0 radical (unpaired) electrons. The molecule has 1 aliphatic heterocycles. The van der Waals surface area contributed by atoms with Crippen LogP contribution < -0.4 is 11.1 Å². The Kier molecular flexibility index (Phi) is 3.89. The fourth-order valence-corrected chi connectivity index (χ4v) is 2.08. The standard InChI is InChI=1S/C10H21N3O/c1-7(2)13-5-4-8(10(11)14)9(6-13)12-3/h7-9,12H,4-6H2,1-3H3,(H2,11,14). The summed E-state index contributed by atoms with van der Waals surface area (Å²) in [4.78, 5) is 13.5. The van der Waals surface area contributed by atoms with E-state index < -0.39 is 0 Å². The minimum atomic E-state index is -0.173. The smallest absolute Gasteiger partial charge is 0.222 e. The lowest BCUT2D eigenvalue weighted by molar-refractivity contribution is -0.124. The number of rotatable bonds is 3. The van der Waals surface area contributed by atoms with E-state index in [2.05, 4.69) is 24.1 Å². The van der Waals surface area contributed by atoms with Crippen LogP contribution >= 0.6 is 0 Å². The van der Waals surface area contributed by atoms with Crippen LogP contribution in [0.4, 0.5) is 0 Å². The maximum Gasteiger partial charge on any atom is 0.222 e. The summed E-state index contributed by atoms with van der Waals surface area (Å²) in [6.45, 7) is 6.25. The molecule has 4 nitrogen and oxygen atoms in total. The van der Waals surface area contributed by atoms with Gasteiger partial charge in [0, 0.05) is 18.6 Å². The lowest BCUT2D eigenvalue weighted by Crippen LogP contribution is -2.55. The molecule has 14 heavy (non-hydrogen) atoms. The Labute approximate surface area is 85.8 Å². The summed E-state index contributed by atoms with van der Waals surface area (Å²) in [5.41, 5.74) is 5.36. The van der Waals surface area contributed by atoms with Crippen molar-refractivity contribution in [2.24, 2.45) is 11.7 Å². The summed E-state index contributed by atoms with van der Waals surface area (Å²) in [7, 11) is 1.89. The number of hydrogen-bond acceptors (Lipinski definition) is 3. The molecule has 4 heteroatoms. The van der Waals surface area contributed by atoms with Crippen LogP contribution in [0.25, 0.3) is 0 Å². The minimum absolute atomic E-state index is 0.00463. The summed E-state index contributed by atoms with van der Waals surface area (Å²) >= 11 is 0. The molecule has 1 aliphatic rings. The summed E-state index contributed by atoms with van der Waals surface area (Å²) in [6.07, 6.45) is 0.874. The van der Waals surface area contributed by atoms with E-state index in [0.717, 1.165) is 19.5 Å². The van der Waals surface area contributed by atoms with Crippen molar-refractivity contribution in [1.82, 2.24) is 10.2 Å². The normalized spacial score (nSPS) is 29.4. The molecule has 0 aromatic heterocycles. The Hall–Kier alpha value is -0.610. The third-order valence-electron chi connectivity index (χ3n) is 3.11. The summed E-state index contributed by atoms with van der Waals surface area (Å²) in [5, 5.41) is 3.18. The summed E-state index contributed by atoms with van der Waals surface area (Å²) in [6, 6.07) is 0.753. The van der Waals surface area contributed by atoms with Gasteiger partial charge in [0.15, 0.2) is 0 Å². The molecular weight excluding hydrogens is 178 g/mol. The second-order valence-corrected chi connectivity index (χ2v) is 4.28. The van der Waals surface area contributed by atoms with Crippen molar-refractivity contribution in [3.8, 4) is 0 Å². The molecule has 0 aromatic carbocycles. The number of carbonyl (C=O) groups excluding carboxylic acids is 1. The molecule has 0 aromatic rings. The van der Waals surface area contributed by atoms with Crippen LogP contribution in [-0.4, -0.2) is 43.0 Å². The third-order valence-corrected chi connectivity index (χ3v) is 3.11. The summed E-state index contributed by atoms with van der Waals surface area (Å²) < 4.78 is 0. The van der Waals surface area contributed by atoms with Gasteiger partial charge in [-0.1, -0.05) is 0 Å².